The van der Waals surface area contributed by atoms with Gasteiger partial charge in [0, 0.05) is 43.0 Å². The molecule has 0 radical (unpaired) electrons. The molecule has 4 aromatic rings. The third kappa shape index (κ3) is 3.19. The molecule has 2 bridgehead atoms. The lowest BCUT2D eigenvalue weighted by molar-refractivity contribution is 0.161. The third-order valence-corrected chi connectivity index (χ3v) is 8.80. The first kappa shape index (κ1) is 19.1. The fraction of sp³-hybridized carbons (Fsp3) is 0.450. The van der Waals surface area contributed by atoms with Gasteiger partial charge in [-0.3, -0.25) is 9.89 Å². The van der Waals surface area contributed by atoms with Gasteiger partial charge in [0.25, 0.3) is 5.56 Å². The number of nitrogens with one attached hydrogen (secondary N) is 1. The van der Waals surface area contributed by atoms with Crippen molar-refractivity contribution in [1.29, 1.82) is 0 Å². The van der Waals surface area contributed by atoms with Crippen LogP contribution in [0.5, 0.6) is 0 Å². The van der Waals surface area contributed by atoms with E-state index in [1.54, 1.807) is 23.7 Å². The Balaban J connectivity index is 1.25. The highest BCUT2D eigenvalue weighted by Gasteiger charge is 2.40. The molecule has 3 atom stereocenters. The Morgan fingerprint density at radius 3 is 2.61 bits per heavy atom. The molecule has 6 rings (SSSR count). The van der Waals surface area contributed by atoms with Crippen LogP contribution in [0.2, 0.25) is 0 Å². The molecule has 0 saturated carbocycles. The summed E-state index contributed by atoms with van der Waals surface area (Å²) in [5, 5.41) is 8.24. The standard InChI is InChI=1S/C20H22N8OS2/c1-26-12-3-4-13(26)6-14(5-12)27(2)19-24-17-18(30-19)25-20(31-17)28-10-21-15(7-16(28)29)11-8-22-23-9-11/h7-10,12-14H,3-6H2,1-2H3,(H,22,23)/t12-,13+,14-. The van der Waals surface area contributed by atoms with Crippen molar-refractivity contribution in [2.45, 2.75) is 43.8 Å². The summed E-state index contributed by atoms with van der Waals surface area (Å²) in [7, 11) is 4.42. The summed E-state index contributed by atoms with van der Waals surface area (Å²) in [6, 6.07) is 3.42. The molecule has 4 aromatic heterocycles. The molecule has 2 fully saturated rings. The van der Waals surface area contributed by atoms with Gasteiger partial charge in [0.1, 0.15) is 6.33 Å². The van der Waals surface area contributed by atoms with Crippen LogP contribution in [0.15, 0.2) is 29.6 Å². The van der Waals surface area contributed by atoms with Gasteiger partial charge in [-0.25, -0.2) is 19.5 Å². The van der Waals surface area contributed by atoms with E-state index in [2.05, 4.69) is 44.1 Å². The van der Waals surface area contributed by atoms with Crippen LogP contribution in [0.1, 0.15) is 25.7 Å². The maximum Gasteiger partial charge on any atom is 0.260 e. The number of piperidine rings is 1. The molecule has 0 spiro atoms. The quantitative estimate of drug-likeness (QED) is 0.506. The molecule has 2 aliphatic rings. The van der Waals surface area contributed by atoms with Crippen LogP contribution in [0.3, 0.4) is 0 Å². The van der Waals surface area contributed by atoms with E-state index >= 15 is 0 Å². The Labute approximate surface area is 186 Å². The second kappa shape index (κ2) is 7.21. The fourth-order valence-corrected chi connectivity index (χ4v) is 6.87. The molecule has 11 heteroatoms. The van der Waals surface area contributed by atoms with E-state index in [1.807, 2.05) is 0 Å². The van der Waals surface area contributed by atoms with Crippen LogP contribution in [0, 0.1) is 0 Å². The molecule has 0 amide bonds. The zero-order valence-electron chi connectivity index (χ0n) is 17.2. The van der Waals surface area contributed by atoms with Crippen molar-refractivity contribution in [3.05, 3.63) is 35.1 Å². The van der Waals surface area contributed by atoms with Gasteiger partial charge in [0.15, 0.2) is 14.8 Å². The summed E-state index contributed by atoms with van der Waals surface area (Å²) in [6.07, 6.45) is 9.89. The van der Waals surface area contributed by atoms with Crippen LogP contribution < -0.4 is 10.5 Å². The van der Waals surface area contributed by atoms with Crippen molar-refractivity contribution in [3.8, 4) is 16.4 Å². The lowest BCUT2D eigenvalue weighted by Crippen LogP contribution is -2.47. The summed E-state index contributed by atoms with van der Waals surface area (Å²) >= 11 is 3.02. The van der Waals surface area contributed by atoms with E-state index in [0.29, 0.717) is 29.0 Å². The van der Waals surface area contributed by atoms with Crippen molar-refractivity contribution in [2.24, 2.45) is 0 Å². The normalized spacial score (nSPS) is 23.6. The molecule has 0 unspecified atom stereocenters. The second-order valence-electron chi connectivity index (χ2n) is 8.36. The monoisotopic (exact) mass is 454 g/mol. The van der Waals surface area contributed by atoms with Crippen molar-refractivity contribution in [3.63, 3.8) is 0 Å². The predicted molar refractivity (Wildman–Crippen MR) is 122 cm³/mol. The number of aromatic amines is 1. The Bertz CT molecular complexity index is 1250. The van der Waals surface area contributed by atoms with Crippen LogP contribution in [0.25, 0.3) is 26.0 Å². The highest BCUT2D eigenvalue weighted by molar-refractivity contribution is 7.29. The van der Waals surface area contributed by atoms with Crippen LogP contribution in [-0.2, 0) is 0 Å². The summed E-state index contributed by atoms with van der Waals surface area (Å²) in [4.78, 5) is 33.2. The maximum atomic E-state index is 12.6. The van der Waals surface area contributed by atoms with E-state index in [0.717, 1.165) is 20.4 Å². The number of anilines is 1. The third-order valence-electron chi connectivity index (χ3n) is 6.69. The highest BCUT2D eigenvalue weighted by atomic mass is 32.1. The van der Waals surface area contributed by atoms with Gasteiger partial charge in [0.05, 0.1) is 11.9 Å². The molecule has 31 heavy (non-hydrogen) atoms. The van der Waals surface area contributed by atoms with E-state index in [-0.39, 0.29) is 5.56 Å². The van der Waals surface area contributed by atoms with Gasteiger partial charge in [-0.2, -0.15) is 5.10 Å². The van der Waals surface area contributed by atoms with Gasteiger partial charge < -0.3 is 9.80 Å². The highest BCUT2D eigenvalue weighted by Crippen LogP contribution is 2.39. The molecule has 1 N–H and O–H groups in total. The SMILES string of the molecule is CN(c1nc2sc(-n3cnc(-c4cn[nH]c4)cc3=O)nc2s1)[C@@H]1C[C@H]2CC[C@@H](C1)N2C. The van der Waals surface area contributed by atoms with E-state index in [4.69, 9.17) is 4.98 Å². The van der Waals surface area contributed by atoms with Gasteiger partial charge in [0.2, 0.25) is 5.13 Å². The molecule has 0 aromatic carbocycles. The Morgan fingerprint density at radius 2 is 1.94 bits per heavy atom. The van der Waals surface area contributed by atoms with E-state index in [1.165, 1.54) is 54.0 Å². The molecule has 0 aliphatic carbocycles. The van der Waals surface area contributed by atoms with Crippen molar-refractivity contribution < 1.29 is 0 Å². The van der Waals surface area contributed by atoms with E-state index < -0.39 is 0 Å². The average molecular weight is 455 g/mol. The minimum atomic E-state index is -0.174. The van der Waals surface area contributed by atoms with Crippen LogP contribution in [-0.4, -0.2) is 66.8 Å². The Morgan fingerprint density at radius 1 is 1.16 bits per heavy atom. The number of hydrogen-bond donors (Lipinski definition) is 1. The molecular weight excluding hydrogens is 432 g/mol. The number of thiazole rings is 2. The Kier molecular flexibility index (Phi) is 4.44. The van der Waals surface area contributed by atoms with Gasteiger partial charge in [-0.15, -0.1) is 0 Å². The predicted octanol–water partition coefficient (Wildman–Crippen LogP) is 2.75. The molecule has 6 heterocycles. The smallest absolute Gasteiger partial charge is 0.260 e. The number of fused-ring (bicyclic) bond motifs is 3. The van der Waals surface area contributed by atoms with Crippen LogP contribution in [0.4, 0.5) is 5.13 Å². The molecular formula is C20H22N8OS2. The lowest BCUT2D eigenvalue weighted by atomic mass is 9.97. The van der Waals surface area contributed by atoms with Crippen LogP contribution >= 0.6 is 22.7 Å². The maximum absolute atomic E-state index is 12.6. The largest absolute Gasteiger partial charge is 0.348 e. The lowest BCUT2D eigenvalue weighted by Gasteiger charge is -2.40. The summed E-state index contributed by atoms with van der Waals surface area (Å²) in [5.74, 6) is 0. The molecule has 2 aliphatic heterocycles. The van der Waals surface area contributed by atoms with Crippen molar-refractivity contribution >= 4 is 37.5 Å². The molecule has 160 valence electrons. The number of aromatic nitrogens is 6. The fourth-order valence-electron chi connectivity index (χ4n) is 4.82. The summed E-state index contributed by atoms with van der Waals surface area (Å²) < 4.78 is 1.47. The number of H-pyrrole nitrogens is 1. The summed E-state index contributed by atoms with van der Waals surface area (Å²) in [5.41, 5.74) is 1.19. The first-order valence-electron chi connectivity index (χ1n) is 10.4. The first-order chi connectivity index (χ1) is 15.1. The number of nitrogens with zero attached hydrogens (tertiary/aromatic N) is 7. The molecule has 2 saturated heterocycles. The Hall–Kier alpha value is -2.63. The second-order valence-corrected chi connectivity index (χ2v) is 10.3. The zero-order valence-corrected chi connectivity index (χ0v) is 18.9. The first-order valence-corrected chi connectivity index (χ1v) is 12.0. The number of rotatable bonds is 4. The van der Waals surface area contributed by atoms with E-state index in [9.17, 15) is 4.79 Å². The van der Waals surface area contributed by atoms with Gasteiger partial charge in [-0.05, 0) is 32.7 Å². The van der Waals surface area contributed by atoms with Gasteiger partial charge in [-0.1, -0.05) is 22.7 Å². The molecule has 9 nitrogen and oxygen atoms in total. The van der Waals surface area contributed by atoms with Gasteiger partial charge >= 0.3 is 0 Å². The average Bonchev–Trinajstić information content (AvgIpc) is 3.51. The summed E-state index contributed by atoms with van der Waals surface area (Å²) in [6.45, 7) is 0. The topological polar surface area (TPSA) is 95.8 Å². The number of hydrogen-bond acceptors (Lipinski definition) is 9. The van der Waals surface area contributed by atoms with Crippen molar-refractivity contribution in [1.82, 2.24) is 34.6 Å². The van der Waals surface area contributed by atoms with Crippen molar-refractivity contribution in [2.75, 3.05) is 19.0 Å². The minimum absolute atomic E-state index is 0.174. The zero-order chi connectivity index (χ0) is 21.1. The minimum Gasteiger partial charge on any atom is -0.348 e.